The van der Waals surface area contributed by atoms with Crippen molar-refractivity contribution in [3.05, 3.63) is 89.1 Å². The zero-order valence-corrected chi connectivity index (χ0v) is 20.0. The largest absolute Gasteiger partial charge is 0.454 e. The van der Waals surface area contributed by atoms with E-state index in [1.807, 2.05) is 59.6 Å². The number of rotatable bonds is 5. The van der Waals surface area contributed by atoms with Crippen LogP contribution in [-0.4, -0.2) is 48.8 Å². The number of benzene rings is 3. The Hall–Kier alpha value is -3.64. The summed E-state index contributed by atoms with van der Waals surface area (Å²) in [6, 6.07) is 22.0. The van der Waals surface area contributed by atoms with Gasteiger partial charge in [0.1, 0.15) is 0 Å². The summed E-state index contributed by atoms with van der Waals surface area (Å²) in [6.45, 7) is 3.12. The minimum atomic E-state index is -0.152. The predicted octanol–water partition coefficient (Wildman–Crippen LogP) is 5.42. The molecule has 6 nitrogen and oxygen atoms in total. The summed E-state index contributed by atoms with van der Waals surface area (Å²) in [5.74, 6) is 1.46. The first-order valence-corrected chi connectivity index (χ1v) is 12.3. The van der Waals surface area contributed by atoms with Crippen LogP contribution in [0.4, 0.5) is 5.69 Å². The number of carbonyl (C=O) groups excluding carboxylic acids is 1. The molecular formula is C28H26ClN3O3. The average molecular weight is 488 g/mol. The first kappa shape index (κ1) is 21.9. The van der Waals surface area contributed by atoms with Crippen LogP contribution in [0.25, 0.3) is 10.9 Å². The van der Waals surface area contributed by atoms with Gasteiger partial charge in [0.25, 0.3) is 0 Å². The van der Waals surface area contributed by atoms with Crippen molar-refractivity contribution in [1.29, 1.82) is 0 Å². The quantitative estimate of drug-likeness (QED) is 0.408. The normalized spacial score (nSPS) is 16.0. The minimum absolute atomic E-state index is 0.141. The van der Waals surface area contributed by atoms with E-state index in [1.165, 1.54) is 0 Å². The van der Waals surface area contributed by atoms with E-state index in [9.17, 15) is 4.79 Å². The highest BCUT2D eigenvalue weighted by Gasteiger charge is 2.30. The van der Waals surface area contributed by atoms with Crippen molar-refractivity contribution in [1.82, 2.24) is 9.88 Å². The molecule has 1 amide bonds. The van der Waals surface area contributed by atoms with Gasteiger partial charge in [0, 0.05) is 71.9 Å². The SMILES string of the molecule is O=C(CC(c1cccc2c1OCO2)c1c[nH]c2ccccc12)N1CCN(c2cccc(Cl)c2)CC1. The third-order valence-corrected chi connectivity index (χ3v) is 7.22. The van der Waals surface area contributed by atoms with Gasteiger partial charge >= 0.3 is 0 Å². The third kappa shape index (κ3) is 4.19. The number of ether oxygens (including phenoxy) is 2. The van der Waals surface area contributed by atoms with Crippen molar-refractivity contribution in [2.24, 2.45) is 0 Å². The zero-order chi connectivity index (χ0) is 23.8. The number of para-hydroxylation sites is 2. The van der Waals surface area contributed by atoms with Crippen molar-refractivity contribution in [3.8, 4) is 11.5 Å². The van der Waals surface area contributed by atoms with Crippen LogP contribution in [0.2, 0.25) is 5.02 Å². The number of fused-ring (bicyclic) bond motifs is 2. The third-order valence-electron chi connectivity index (χ3n) is 6.98. The van der Waals surface area contributed by atoms with Gasteiger partial charge in [0.2, 0.25) is 12.7 Å². The van der Waals surface area contributed by atoms with Gasteiger partial charge in [-0.15, -0.1) is 0 Å². The number of hydrogen-bond acceptors (Lipinski definition) is 4. The van der Waals surface area contributed by atoms with E-state index < -0.39 is 0 Å². The summed E-state index contributed by atoms with van der Waals surface area (Å²) in [7, 11) is 0. The van der Waals surface area contributed by atoms with Crippen LogP contribution >= 0.6 is 11.6 Å². The summed E-state index contributed by atoms with van der Waals surface area (Å²) in [5.41, 5.74) is 4.23. The van der Waals surface area contributed by atoms with Gasteiger partial charge in [-0.2, -0.15) is 0 Å². The molecule has 1 N–H and O–H groups in total. The molecular weight excluding hydrogens is 462 g/mol. The second kappa shape index (κ2) is 9.19. The number of anilines is 1. The van der Waals surface area contributed by atoms with E-state index in [1.54, 1.807) is 0 Å². The molecule has 178 valence electrons. The second-order valence-corrected chi connectivity index (χ2v) is 9.41. The fraction of sp³-hybridized carbons (Fsp3) is 0.250. The highest BCUT2D eigenvalue weighted by atomic mass is 35.5. The van der Waals surface area contributed by atoms with Crippen LogP contribution in [0, 0.1) is 0 Å². The molecule has 0 radical (unpaired) electrons. The van der Waals surface area contributed by atoms with Crippen molar-refractivity contribution < 1.29 is 14.3 Å². The Bertz CT molecular complexity index is 1380. The van der Waals surface area contributed by atoms with Gasteiger partial charge in [-0.25, -0.2) is 0 Å². The molecule has 0 saturated carbocycles. The fourth-order valence-corrected chi connectivity index (χ4v) is 5.37. The first-order valence-electron chi connectivity index (χ1n) is 11.9. The van der Waals surface area contributed by atoms with Gasteiger partial charge in [0.15, 0.2) is 11.5 Å². The maximum absolute atomic E-state index is 13.6. The molecule has 2 aliphatic rings. The molecule has 0 bridgehead atoms. The topological polar surface area (TPSA) is 57.8 Å². The van der Waals surface area contributed by atoms with Gasteiger partial charge < -0.3 is 24.3 Å². The van der Waals surface area contributed by atoms with Gasteiger partial charge in [-0.1, -0.05) is 48.0 Å². The molecule has 1 aromatic heterocycles. The predicted molar refractivity (Wildman–Crippen MR) is 138 cm³/mol. The van der Waals surface area contributed by atoms with Crippen LogP contribution < -0.4 is 14.4 Å². The van der Waals surface area contributed by atoms with Crippen molar-refractivity contribution in [2.45, 2.75) is 12.3 Å². The fourth-order valence-electron chi connectivity index (χ4n) is 5.19. The Balaban J connectivity index is 1.26. The summed E-state index contributed by atoms with van der Waals surface area (Å²) in [5, 5.41) is 1.84. The Morgan fingerprint density at radius 3 is 2.63 bits per heavy atom. The molecule has 1 unspecified atom stereocenters. The molecule has 1 atom stereocenters. The molecule has 0 aliphatic carbocycles. The monoisotopic (exact) mass is 487 g/mol. The molecule has 0 spiro atoms. The molecule has 3 heterocycles. The Kier molecular flexibility index (Phi) is 5.74. The molecule has 3 aromatic carbocycles. The number of halogens is 1. The summed E-state index contributed by atoms with van der Waals surface area (Å²) < 4.78 is 11.5. The van der Waals surface area contributed by atoms with E-state index in [-0.39, 0.29) is 18.6 Å². The lowest BCUT2D eigenvalue weighted by Gasteiger charge is -2.36. The van der Waals surface area contributed by atoms with Crippen molar-refractivity contribution in [2.75, 3.05) is 37.9 Å². The van der Waals surface area contributed by atoms with Crippen LogP contribution in [-0.2, 0) is 4.79 Å². The minimum Gasteiger partial charge on any atom is -0.454 e. The number of H-pyrrole nitrogens is 1. The second-order valence-electron chi connectivity index (χ2n) is 8.98. The summed E-state index contributed by atoms with van der Waals surface area (Å²) >= 11 is 6.18. The molecule has 35 heavy (non-hydrogen) atoms. The van der Waals surface area contributed by atoms with Gasteiger partial charge in [-0.05, 0) is 35.9 Å². The molecule has 6 rings (SSSR count). The number of aromatic nitrogens is 1. The Labute approximate surface area is 209 Å². The summed E-state index contributed by atoms with van der Waals surface area (Å²) in [4.78, 5) is 21.2. The first-order chi connectivity index (χ1) is 17.2. The van der Waals surface area contributed by atoms with Gasteiger partial charge in [-0.3, -0.25) is 4.79 Å². The van der Waals surface area contributed by atoms with E-state index in [0.717, 1.165) is 57.3 Å². The average Bonchev–Trinajstić information content (AvgIpc) is 3.55. The number of nitrogens with one attached hydrogen (secondary N) is 1. The molecule has 2 aliphatic heterocycles. The van der Waals surface area contributed by atoms with Crippen LogP contribution in [0.15, 0.2) is 72.9 Å². The van der Waals surface area contributed by atoms with E-state index in [4.69, 9.17) is 21.1 Å². The number of piperazine rings is 1. The highest BCUT2D eigenvalue weighted by molar-refractivity contribution is 6.30. The number of hydrogen-bond donors (Lipinski definition) is 1. The Morgan fingerprint density at radius 2 is 1.77 bits per heavy atom. The van der Waals surface area contributed by atoms with Gasteiger partial charge in [0.05, 0.1) is 0 Å². The lowest BCUT2D eigenvalue weighted by atomic mass is 9.87. The van der Waals surface area contributed by atoms with Crippen LogP contribution in [0.3, 0.4) is 0 Å². The smallest absolute Gasteiger partial charge is 0.231 e. The van der Waals surface area contributed by atoms with E-state index >= 15 is 0 Å². The Morgan fingerprint density at radius 1 is 0.943 bits per heavy atom. The number of aromatic amines is 1. The van der Waals surface area contributed by atoms with Crippen molar-refractivity contribution >= 4 is 34.1 Å². The number of nitrogens with zero attached hydrogens (tertiary/aromatic N) is 2. The standard InChI is InChI=1S/C28H26ClN3O3/c29-19-5-3-6-20(15-19)31-11-13-32(14-12-31)27(33)16-23(22-8-4-10-26-28(22)35-18-34-26)24-17-30-25-9-2-1-7-21(24)25/h1-10,15,17,23,30H,11-14,16,18H2. The van der Waals surface area contributed by atoms with Crippen LogP contribution in [0.1, 0.15) is 23.5 Å². The lowest BCUT2D eigenvalue weighted by molar-refractivity contribution is -0.131. The van der Waals surface area contributed by atoms with Crippen molar-refractivity contribution in [3.63, 3.8) is 0 Å². The number of carbonyl (C=O) groups is 1. The van der Waals surface area contributed by atoms with E-state index in [0.29, 0.717) is 19.5 Å². The maximum Gasteiger partial charge on any atom is 0.231 e. The summed E-state index contributed by atoms with van der Waals surface area (Å²) in [6.07, 6.45) is 2.38. The van der Waals surface area contributed by atoms with Crippen LogP contribution in [0.5, 0.6) is 11.5 Å². The zero-order valence-electron chi connectivity index (χ0n) is 19.2. The molecule has 7 heteroatoms. The highest BCUT2D eigenvalue weighted by Crippen LogP contribution is 2.44. The molecule has 1 fully saturated rings. The van der Waals surface area contributed by atoms with E-state index in [2.05, 4.69) is 28.1 Å². The number of amides is 1. The lowest BCUT2D eigenvalue weighted by Crippen LogP contribution is -2.49. The molecule has 1 saturated heterocycles. The maximum atomic E-state index is 13.6. The molecule has 4 aromatic rings.